The van der Waals surface area contributed by atoms with Gasteiger partial charge in [0, 0.05) is 6.20 Å². The molecule has 5 N–H and O–H groups in total. The minimum atomic E-state index is -0.860. The Morgan fingerprint density at radius 2 is 1.73 bits per heavy atom. The van der Waals surface area contributed by atoms with E-state index in [2.05, 4.69) is 10.4 Å². The molecule has 9 heteroatoms. The number of hydrogen-bond acceptors (Lipinski definition) is 3. The molecule has 0 fully saturated rings. The Morgan fingerprint density at radius 1 is 1.08 bits per heavy atom. The Hall–Kier alpha value is -3.39. The highest BCUT2D eigenvalue weighted by Gasteiger charge is 2.16. The van der Waals surface area contributed by atoms with Crippen LogP contribution in [0.25, 0.3) is 16.8 Å². The van der Waals surface area contributed by atoms with Gasteiger partial charge in [0.05, 0.1) is 10.7 Å². The zero-order chi connectivity index (χ0) is 18.8. The number of nitrogens with zero attached hydrogens (tertiary/aromatic N) is 2. The molecule has 0 spiro atoms. The quantitative estimate of drug-likeness (QED) is 0.652. The van der Waals surface area contributed by atoms with Crippen LogP contribution in [-0.2, 0) is 0 Å². The zero-order valence-electron chi connectivity index (χ0n) is 13.2. The van der Waals surface area contributed by atoms with Gasteiger partial charge in [-0.1, -0.05) is 29.8 Å². The molecule has 3 amide bonds. The molecule has 26 heavy (non-hydrogen) atoms. The van der Waals surface area contributed by atoms with Crippen molar-refractivity contribution < 1.29 is 14.0 Å². The largest absolute Gasteiger partial charge is 0.365 e. The minimum Gasteiger partial charge on any atom is -0.365 e. The number of carbonyl (C=O) groups excluding carboxylic acids is 2. The van der Waals surface area contributed by atoms with Crippen molar-refractivity contribution in [2.45, 2.75) is 0 Å². The van der Waals surface area contributed by atoms with Crippen molar-refractivity contribution in [1.82, 2.24) is 9.78 Å². The summed E-state index contributed by atoms with van der Waals surface area (Å²) in [6, 6.07) is 10.6. The van der Waals surface area contributed by atoms with Gasteiger partial charge in [-0.3, -0.25) is 10.1 Å². The molecule has 0 saturated heterocycles. The average Bonchev–Trinajstić information content (AvgIpc) is 3.01. The summed E-state index contributed by atoms with van der Waals surface area (Å²) < 4.78 is 14.7. The third kappa shape index (κ3) is 3.50. The summed E-state index contributed by atoms with van der Waals surface area (Å²) in [5, 5.41) is 6.39. The molecule has 1 aromatic heterocycles. The van der Waals surface area contributed by atoms with Gasteiger partial charge in [-0.05, 0) is 35.4 Å². The Morgan fingerprint density at radius 3 is 2.31 bits per heavy atom. The number of carbonyl (C=O) groups is 2. The fourth-order valence-corrected chi connectivity index (χ4v) is 2.56. The summed E-state index contributed by atoms with van der Waals surface area (Å²) in [6.07, 6.45) is 1.39. The summed E-state index contributed by atoms with van der Waals surface area (Å²) in [7, 11) is 0. The molecule has 0 bridgehead atoms. The molecule has 0 atom stereocenters. The van der Waals surface area contributed by atoms with E-state index < -0.39 is 17.8 Å². The van der Waals surface area contributed by atoms with E-state index in [1.54, 1.807) is 30.3 Å². The number of rotatable bonds is 4. The Labute approximate surface area is 152 Å². The second kappa shape index (κ2) is 6.85. The number of hydrogen-bond donors (Lipinski definition) is 3. The number of urea groups is 1. The van der Waals surface area contributed by atoms with Crippen LogP contribution in [0.4, 0.5) is 15.0 Å². The first-order valence-corrected chi connectivity index (χ1v) is 7.75. The predicted octanol–water partition coefficient (Wildman–Crippen LogP) is 2.92. The van der Waals surface area contributed by atoms with Crippen molar-refractivity contribution >= 4 is 29.4 Å². The van der Waals surface area contributed by atoms with Gasteiger partial charge < -0.3 is 11.5 Å². The molecule has 0 radical (unpaired) electrons. The van der Waals surface area contributed by atoms with E-state index in [-0.39, 0.29) is 16.4 Å². The van der Waals surface area contributed by atoms with Crippen molar-refractivity contribution in [3.05, 3.63) is 65.1 Å². The lowest BCUT2D eigenvalue weighted by Crippen LogP contribution is -2.22. The maximum Gasteiger partial charge on any atom is 0.317 e. The molecular formula is C17H13ClFN5O2. The van der Waals surface area contributed by atoms with Gasteiger partial charge in [0.15, 0.2) is 5.82 Å². The number of nitrogens with two attached hydrogens (primary N) is 2. The maximum atomic E-state index is 13.3. The Balaban J connectivity index is 1.94. The topological polar surface area (TPSA) is 116 Å². The number of amides is 3. The molecule has 0 aliphatic heterocycles. The summed E-state index contributed by atoms with van der Waals surface area (Å²) in [5.74, 6) is -1.27. The fourth-order valence-electron chi connectivity index (χ4n) is 2.38. The highest BCUT2D eigenvalue weighted by Crippen LogP contribution is 2.26. The van der Waals surface area contributed by atoms with Crippen LogP contribution >= 0.6 is 11.6 Å². The molecule has 0 unspecified atom stereocenters. The minimum absolute atomic E-state index is 0.0261. The van der Waals surface area contributed by atoms with Gasteiger partial charge in [-0.15, -0.1) is 5.10 Å². The molecule has 2 aromatic carbocycles. The second-order valence-corrected chi connectivity index (χ2v) is 5.77. The molecular weight excluding hydrogens is 361 g/mol. The van der Waals surface area contributed by atoms with Crippen molar-refractivity contribution in [2.75, 3.05) is 5.32 Å². The third-order valence-electron chi connectivity index (χ3n) is 3.61. The SMILES string of the molecule is NC(=O)Nc1nn(-c2ccc(-c3ccc(F)c(Cl)c3)cc2)cc1C(N)=O. The van der Waals surface area contributed by atoms with Crippen molar-refractivity contribution in [1.29, 1.82) is 0 Å². The van der Waals surface area contributed by atoms with Gasteiger partial charge in [-0.2, -0.15) is 0 Å². The molecule has 7 nitrogen and oxygen atoms in total. The molecule has 3 rings (SSSR count). The first-order valence-electron chi connectivity index (χ1n) is 7.37. The summed E-state index contributed by atoms with van der Waals surface area (Å²) in [6.45, 7) is 0. The van der Waals surface area contributed by atoms with Crippen LogP contribution in [0.5, 0.6) is 0 Å². The van der Waals surface area contributed by atoms with Crippen LogP contribution in [0, 0.1) is 5.82 Å². The molecule has 132 valence electrons. The lowest BCUT2D eigenvalue weighted by molar-refractivity contribution is 0.100. The third-order valence-corrected chi connectivity index (χ3v) is 3.90. The van der Waals surface area contributed by atoms with Crippen LogP contribution in [-0.4, -0.2) is 21.7 Å². The second-order valence-electron chi connectivity index (χ2n) is 5.37. The Bertz CT molecular complexity index is 1000. The highest BCUT2D eigenvalue weighted by atomic mass is 35.5. The highest BCUT2D eigenvalue weighted by molar-refractivity contribution is 6.31. The van der Waals surface area contributed by atoms with Gasteiger partial charge in [0.25, 0.3) is 5.91 Å². The monoisotopic (exact) mass is 373 g/mol. The van der Waals surface area contributed by atoms with Crippen LogP contribution in [0.2, 0.25) is 5.02 Å². The fraction of sp³-hybridized carbons (Fsp3) is 0. The van der Waals surface area contributed by atoms with E-state index in [1.807, 2.05) is 0 Å². The first kappa shape index (κ1) is 17.4. The Kier molecular flexibility index (Phi) is 4.59. The lowest BCUT2D eigenvalue weighted by Gasteiger charge is -2.06. The van der Waals surface area contributed by atoms with E-state index in [0.29, 0.717) is 5.69 Å². The number of nitrogens with one attached hydrogen (secondary N) is 1. The molecule has 0 aliphatic rings. The predicted molar refractivity (Wildman–Crippen MR) is 95.7 cm³/mol. The van der Waals surface area contributed by atoms with E-state index in [4.69, 9.17) is 23.1 Å². The van der Waals surface area contributed by atoms with Crippen molar-refractivity contribution in [3.8, 4) is 16.8 Å². The first-order chi connectivity index (χ1) is 12.3. The number of aromatic nitrogens is 2. The van der Waals surface area contributed by atoms with Crippen LogP contribution in [0.15, 0.2) is 48.7 Å². The molecule has 0 aliphatic carbocycles. The van der Waals surface area contributed by atoms with E-state index in [1.165, 1.54) is 23.0 Å². The normalized spacial score (nSPS) is 10.5. The number of benzene rings is 2. The number of halogens is 2. The molecule has 3 aromatic rings. The number of anilines is 1. The van der Waals surface area contributed by atoms with E-state index in [9.17, 15) is 14.0 Å². The van der Waals surface area contributed by atoms with Crippen LogP contribution in [0.1, 0.15) is 10.4 Å². The number of primary amides is 2. The smallest absolute Gasteiger partial charge is 0.317 e. The van der Waals surface area contributed by atoms with Crippen LogP contribution < -0.4 is 16.8 Å². The van der Waals surface area contributed by atoms with Gasteiger partial charge >= 0.3 is 6.03 Å². The van der Waals surface area contributed by atoms with E-state index in [0.717, 1.165) is 11.1 Å². The van der Waals surface area contributed by atoms with Crippen LogP contribution in [0.3, 0.4) is 0 Å². The van der Waals surface area contributed by atoms with Gasteiger partial charge in [-0.25, -0.2) is 13.9 Å². The maximum absolute atomic E-state index is 13.3. The molecule has 0 saturated carbocycles. The van der Waals surface area contributed by atoms with Crippen molar-refractivity contribution in [2.24, 2.45) is 11.5 Å². The van der Waals surface area contributed by atoms with Crippen molar-refractivity contribution in [3.63, 3.8) is 0 Å². The lowest BCUT2D eigenvalue weighted by atomic mass is 10.1. The molecule has 1 heterocycles. The zero-order valence-corrected chi connectivity index (χ0v) is 14.0. The summed E-state index contributed by atoms with van der Waals surface area (Å²) >= 11 is 5.80. The van der Waals surface area contributed by atoms with Gasteiger partial charge in [0.2, 0.25) is 0 Å². The average molecular weight is 374 g/mol. The summed E-state index contributed by atoms with van der Waals surface area (Å²) in [5.41, 5.74) is 12.5. The van der Waals surface area contributed by atoms with Gasteiger partial charge in [0.1, 0.15) is 11.4 Å². The van der Waals surface area contributed by atoms with E-state index >= 15 is 0 Å². The standard InChI is InChI=1S/C17H13ClFN5O2/c18-13-7-10(3-6-14(13)19)9-1-4-11(5-2-9)24-8-12(15(20)25)16(23-24)22-17(21)26/h1-8H,(H2,20,25)(H3,21,22,23,26). The summed E-state index contributed by atoms with van der Waals surface area (Å²) in [4.78, 5) is 22.5.